The Morgan fingerprint density at radius 2 is 1.76 bits per heavy atom. The fourth-order valence-corrected chi connectivity index (χ4v) is 2.09. The topological polar surface area (TPSA) is 3.24 Å². The summed E-state index contributed by atoms with van der Waals surface area (Å²) in [4.78, 5) is 1.87. The van der Waals surface area contributed by atoms with E-state index in [0.29, 0.717) is 24.2 Å². The van der Waals surface area contributed by atoms with Crippen LogP contribution in [0.2, 0.25) is 0 Å². The van der Waals surface area contributed by atoms with Crippen LogP contribution >= 0.6 is 12.6 Å². The zero-order chi connectivity index (χ0) is 12.8. The molecule has 0 saturated heterocycles. The van der Waals surface area contributed by atoms with Gasteiger partial charge in [0.1, 0.15) is 5.82 Å². The molecule has 1 atom stereocenters. The smallest absolute Gasteiger partial charge is 0.283 e. The Morgan fingerprint density at radius 1 is 1.24 bits per heavy atom. The van der Waals surface area contributed by atoms with Crippen molar-refractivity contribution in [1.82, 2.24) is 4.90 Å². The lowest BCUT2D eigenvalue weighted by atomic mass is 10.1. The van der Waals surface area contributed by atoms with Crippen molar-refractivity contribution in [3.05, 3.63) is 34.6 Å². The number of halogens is 4. The number of nitrogens with zero attached hydrogens (tertiary/aromatic N) is 1. The Labute approximate surface area is 102 Å². The highest BCUT2D eigenvalue weighted by Gasteiger charge is 2.36. The second-order valence-electron chi connectivity index (χ2n) is 4.14. The van der Waals surface area contributed by atoms with Gasteiger partial charge in [0.15, 0.2) is 0 Å². The van der Waals surface area contributed by atoms with Crippen LogP contribution in [-0.4, -0.2) is 10.3 Å². The van der Waals surface area contributed by atoms with E-state index in [2.05, 4.69) is 12.6 Å². The number of alkyl halides is 3. The van der Waals surface area contributed by atoms with Gasteiger partial charge in [-0.1, -0.05) is 0 Å². The Morgan fingerprint density at radius 3 is 2.24 bits per heavy atom. The molecular formula is C11H11F4NS. The Balaban J connectivity index is 2.38. The van der Waals surface area contributed by atoms with E-state index >= 15 is 0 Å². The highest BCUT2D eigenvalue weighted by molar-refractivity contribution is 7.80. The summed E-state index contributed by atoms with van der Waals surface area (Å²) in [5, 5.41) is -0.0696. The highest BCUT2D eigenvalue weighted by Crippen LogP contribution is 2.35. The van der Waals surface area contributed by atoms with Crippen molar-refractivity contribution < 1.29 is 17.6 Å². The third kappa shape index (κ3) is 2.42. The van der Waals surface area contributed by atoms with Crippen LogP contribution in [0, 0.1) is 5.82 Å². The van der Waals surface area contributed by atoms with E-state index in [4.69, 9.17) is 0 Å². The van der Waals surface area contributed by atoms with Crippen molar-refractivity contribution in [3.8, 4) is 0 Å². The Bertz CT molecular complexity index is 442. The number of rotatable bonds is 1. The molecule has 0 aliphatic carbocycles. The first kappa shape index (κ1) is 12.7. The molecule has 17 heavy (non-hydrogen) atoms. The minimum Gasteiger partial charge on any atom is -0.283 e. The lowest BCUT2D eigenvalue weighted by molar-refractivity contribution is -0.140. The van der Waals surface area contributed by atoms with Crippen molar-refractivity contribution >= 4 is 12.6 Å². The lowest BCUT2D eigenvalue weighted by Gasteiger charge is -2.18. The summed E-state index contributed by atoms with van der Waals surface area (Å²) in [5.41, 5.74) is -0.0547. The van der Waals surface area contributed by atoms with Gasteiger partial charge >= 0.3 is 6.18 Å². The number of thiol groups is 1. The van der Waals surface area contributed by atoms with Gasteiger partial charge in [0.25, 0.3) is 0 Å². The van der Waals surface area contributed by atoms with E-state index in [0.717, 1.165) is 12.1 Å². The molecule has 0 saturated carbocycles. The quantitative estimate of drug-likeness (QED) is 0.601. The third-order valence-corrected chi connectivity index (χ3v) is 3.20. The minimum absolute atomic E-state index is 0.0696. The van der Waals surface area contributed by atoms with E-state index in [9.17, 15) is 17.6 Å². The summed E-state index contributed by atoms with van der Waals surface area (Å²) in [6.07, 6.45) is -4.64. The molecule has 6 heteroatoms. The van der Waals surface area contributed by atoms with Gasteiger partial charge in [-0.2, -0.15) is 25.8 Å². The molecule has 1 heterocycles. The first-order valence-corrected chi connectivity index (χ1v) is 5.61. The second-order valence-corrected chi connectivity index (χ2v) is 4.88. The first-order chi connectivity index (χ1) is 7.79. The number of hydrogen-bond acceptors (Lipinski definition) is 2. The minimum atomic E-state index is -4.64. The van der Waals surface area contributed by atoms with Crippen LogP contribution in [0.3, 0.4) is 0 Å². The molecule has 1 nitrogen and oxygen atoms in total. The van der Waals surface area contributed by atoms with Crippen molar-refractivity contribution in [1.29, 1.82) is 0 Å². The molecule has 0 aromatic heterocycles. The van der Waals surface area contributed by atoms with Gasteiger partial charge in [-0.15, -0.1) is 0 Å². The van der Waals surface area contributed by atoms with Gasteiger partial charge in [0, 0.05) is 13.1 Å². The predicted molar refractivity (Wildman–Crippen MR) is 59.1 cm³/mol. The molecule has 1 aliphatic heterocycles. The first-order valence-electron chi connectivity index (χ1n) is 5.09. The number of hydrogen-bond donors (Lipinski definition) is 1. The average Bonchev–Trinajstić information content (AvgIpc) is 2.57. The average molecular weight is 265 g/mol. The molecule has 0 amide bonds. The maximum Gasteiger partial charge on any atom is 0.419 e. The predicted octanol–water partition coefficient (Wildman–Crippen LogP) is 3.44. The number of fused-ring (bicyclic) bond motifs is 1. The summed E-state index contributed by atoms with van der Waals surface area (Å²) in [6, 6.07) is 1.88. The molecule has 0 fully saturated rings. The van der Waals surface area contributed by atoms with Crippen molar-refractivity contribution in [3.63, 3.8) is 0 Å². The molecule has 0 spiro atoms. The maximum absolute atomic E-state index is 13.3. The largest absolute Gasteiger partial charge is 0.419 e. The van der Waals surface area contributed by atoms with Gasteiger partial charge < -0.3 is 0 Å². The SMILES string of the molecule is CC(S)N1Cc2cc(F)c(C(F)(F)F)cc2C1. The molecular weight excluding hydrogens is 254 g/mol. The third-order valence-electron chi connectivity index (χ3n) is 2.87. The van der Waals surface area contributed by atoms with E-state index < -0.39 is 17.6 Å². The van der Waals surface area contributed by atoms with Crippen LogP contribution in [0.5, 0.6) is 0 Å². The Kier molecular flexibility index (Phi) is 3.12. The van der Waals surface area contributed by atoms with E-state index in [-0.39, 0.29) is 5.37 Å². The molecule has 2 rings (SSSR count). The van der Waals surface area contributed by atoms with Gasteiger partial charge in [-0.3, -0.25) is 4.90 Å². The summed E-state index contributed by atoms with van der Waals surface area (Å²) in [5.74, 6) is -1.20. The fraction of sp³-hybridized carbons (Fsp3) is 0.455. The number of benzene rings is 1. The monoisotopic (exact) mass is 265 g/mol. The van der Waals surface area contributed by atoms with Gasteiger partial charge in [0.2, 0.25) is 0 Å². The van der Waals surface area contributed by atoms with Crippen LogP contribution in [-0.2, 0) is 19.3 Å². The van der Waals surface area contributed by atoms with E-state index in [1.165, 1.54) is 0 Å². The normalized spacial score (nSPS) is 18.2. The maximum atomic E-state index is 13.3. The van der Waals surface area contributed by atoms with Crippen molar-refractivity contribution in [2.45, 2.75) is 31.6 Å². The van der Waals surface area contributed by atoms with Gasteiger partial charge in [-0.25, -0.2) is 4.39 Å². The van der Waals surface area contributed by atoms with Gasteiger partial charge in [0.05, 0.1) is 10.9 Å². The summed E-state index contributed by atoms with van der Waals surface area (Å²) in [6.45, 7) is 2.65. The van der Waals surface area contributed by atoms with E-state index in [1.807, 2.05) is 11.8 Å². The summed E-state index contributed by atoms with van der Waals surface area (Å²) in [7, 11) is 0. The van der Waals surface area contributed by atoms with Crippen molar-refractivity contribution in [2.24, 2.45) is 0 Å². The molecule has 0 N–H and O–H groups in total. The molecule has 1 aliphatic rings. The van der Waals surface area contributed by atoms with Crippen LogP contribution < -0.4 is 0 Å². The molecule has 94 valence electrons. The lowest BCUT2D eigenvalue weighted by Crippen LogP contribution is -2.22. The van der Waals surface area contributed by atoms with Gasteiger partial charge in [-0.05, 0) is 30.2 Å². The molecule has 1 aromatic rings. The molecule has 0 radical (unpaired) electrons. The molecule has 1 unspecified atom stereocenters. The zero-order valence-electron chi connectivity index (χ0n) is 9.05. The van der Waals surface area contributed by atoms with Crippen LogP contribution in [0.4, 0.5) is 17.6 Å². The van der Waals surface area contributed by atoms with E-state index in [1.54, 1.807) is 0 Å². The zero-order valence-corrected chi connectivity index (χ0v) is 9.95. The highest BCUT2D eigenvalue weighted by atomic mass is 32.1. The molecule has 0 bridgehead atoms. The molecule has 1 aromatic carbocycles. The standard InChI is InChI=1S/C11H11F4NS/c1-6(17)16-4-7-2-9(11(13,14)15)10(12)3-8(7)5-16/h2-3,6,17H,4-5H2,1H3. The van der Waals surface area contributed by atoms with Crippen LogP contribution in [0.15, 0.2) is 12.1 Å². The summed E-state index contributed by atoms with van der Waals surface area (Å²) < 4.78 is 50.8. The van der Waals surface area contributed by atoms with Crippen LogP contribution in [0.25, 0.3) is 0 Å². The fourth-order valence-electron chi connectivity index (χ4n) is 1.93. The van der Waals surface area contributed by atoms with Crippen molar-refractivity contribution in [2.75, 3.05) is 0 Å². The summed E-state index contributed by atoms with van der Waals surface area (Å²) >= 11 is 4.22. The Hall–Kier alpha value is -0.750. The second kappa shape index (κ2) is 4.17. The van der Waals surface area contributed by atoms with Crippen LogP contribution in [0.1, 0.15) is 23.6 Å².